The van der Waals surface area contributed by atoms with Gasteiger partial charge in [-0.25, -0.2) is 4.98 Å². The van der Waals surface area contributed by atoms with Gasteiger partial charge in [0.2, 0.25) is 5.95 Å². The van der Waals surface area contributed by atoms with Gasteiger partial charge in [-0.15, -0.1) is 0 Å². The molecule has 0 amide bonds. The second-order valence-electron chi connectivity index (χ2n) is 4.07. The normalized spacial score (nSPS) is 11.7. The summed E-state index contributed by atoms with van der Waals surface area (Å²) in [5, 5.41) is 6.95. The largest absolute Gasteiger partial charge is 0.433 e. The zero-order chi connectivity index (χ0) is 14.9. The maximum atomic E-state index is 12.7. The summed E-state index contributed by atoms with van der Waals surface area (Å²) >= 11 is 0. The minimum Gasteiger partial charge on any atom is -0.370 e. The quantitative estimate of drug-likeness (QED) is 0.901. The predicted octanol–water partition coefficient (Wildman–Crippen LogP) is 1.71. The zero-order valence-electron chi connectivity index (χ0n) is 10.7. The lowest BCUT2D eigenvalue weighted by Gasteiger charge is -2.09. The van der Waals surface area contributed by atoms with Gasteiger partial charge in [-0.2, -0.15) is 23.0 Å². The van der Waals surface area contributed by atoms with Crippen molar-refractivity contribution in [3.63, 3.8) is 0 Å². The van der Waals surface area contributed by atoms with E-state index in [-0.39, 0.29) is 5.95 Å². The van der Waals surface area contributed by atoms with E-state index in [0.29, 0.717) is 24.1 Å². The van der Waals surface area contributed by atoms with Crippen LogP contribution < -0.4 is 10.9 Å². The first-order valence-corrected chi connectivity index (χ1v) is 5.80. The van der Waals surface area contributed by atoms with Crippen molar-refractivity contribution in [1.29, 1.82) is 0 Å². The van der Waals surface area contributed by atoms with Gasteiger partial charge in [0.15, 0.2) is 5.69 Å². The van der Waals surface area contributed by atoms with E-state index >= 15 is 0 Å². The van der Waals surface area contributed by atoms with Gasteiger partial charge in [-0.1, -0.05) is 0 Å². The number of aromatic nitrogens is 4. The molecular formula is C11H12F3N5O. The predicted molar refractivity (Wildman–Crippen MR) is 65.9 cm³/mol. The maximum absolute atomic E-state index is 12.7. The molecule has 0 spiro atoms. The fraction of sp³-hybridized carbons (Fsp3) is 0.364. The summed E-state index contributed by atoms with van der Waals surface area (Å²) in [5.74, 6) is 0.168. The Morgan fingerprint density at radius 2 is 2.10 bits per heavy atom. The van der Waals surface area contributed by atoms with Crippen LogP contribution in [0.4, 0.5) is 19.0 Å². The van der Waals surface area contributed by atoms with E-state index in [0.717, 1.165) is 4.68 Å². The van der Waals surface area contributed by atoms with Gasteiger partial charge in [0.05, 0.1) is 5.69 Å². The molecule has 9 heteroatoms. The number of anilines is 1. The van der Waals surface area contributed by atoms with Gasteiger partial charge in [0.1, 0.15) is 5.82 Å². The van der Waals surface area contributed by atoms with E-state index in [1.54, 1.807) is 13.0 Å². The molecule has 2 heterocycles. The number of aromatic amines is 1. The van der Waals surface area contributed by atoms with Crippen molar-refractivity contribution >= 4 is 5.82 Å². The van der Waals surface area contributed by atoms with Crippen LogP contribution in [0.3, 0.4) is 0 Å². The van der Waals surface area contributed by atoms with Gasteiger partial charge >= 0.3 is 6.18 Å². The molecule has 2 aromatic heterocycles. The lowest BCUT2D eigenvalue weighted by molar-refractivity contribution is -0.141. The summed E-state index contributed by atoms with van der Waals surface area (Å²) in [6.07, 6.45) is -4.69. The smallest absolute Gasteiger partial charge is 0.370 e. The number of alkyl halides is 3. The summed E-state index contributed by atoms with van der Waals surface area (Å²) in [6.45, 7) is 4.06. The molecule has 0 aliphatic heterocycles. The SMILES string of the molecule is CCNc1cc(C)nn1-c1nc(C(F)(F)F)cc(=O)[nH]1. The Bertz CT molecular complexity index is 673. The fourth-order valence-electron chi connectivity index (χ4n) is 1.66. The van der Waals surface area contributed by atoms with E-state index in [1.165, 1.54) is 0 Å². The first kappa shape index (κ1) is 14.1. The number of rotatable bonds is 3. The molecule has 2 aromatic rings. The highest BCUT2D eigenvalue weighted by Gasteiger charge is 2.33. The maximum Gasteiger partial charge on any atom is 0.433 e. The average Bonchev–Trinajstić information content (AvgIpc) is 2.69. The Kier molecular flexibility index (Phi) is 3.51. The molecule has 0 aromatic carbocycles. The second-order valence-corrected chi connectivity index (χ2v) is 4.07. The molecule has 20 heavy (non-hydrogen) atoms. The van der Waals surface area contributed by atoms with Crippen LogP contribution in [0, 0.1) is 6.92 Å². The van der Waals surface area contributed by atoms with E-state index in [4.69, 9.17) is 0 Å². The number of aryl methyl sites for hydroxylation is 1. The van der Waals surface area contributed by atoms with Crippen LogP contribution in [-0.2, 0) is 6.18 Å². The summed E-state index contributed by atoms with van der Waals surface area (Å²) in [5.41, 5.74) is -1.56. The van der Waals surface area contributed by atoms with Crippen LogP contribution in [-0.4, -0.2) is 26.3 Å². The number of H-pyrrole nitrogens is 1. The van der Waals surface area contributed by atoms with Crippen molar-refractivity contribution in [3.05, 3.63) is 33.9 Å². The molecule has 6 nitrogen and oxygen atoms in total. The molecule has 0 atom stereocenters. The third-order valence-corrected chi connectivity index (χ3v) is 2.41. The molecule has 0 saturated carbocycles. The Morgan fingerprint density at radius 1 is 1.40 bits per heavy atom. The van der Waals surface area contributed by atoms with Crippen LogP contribution in [0.5, 0.6) is 0 Å². The average molecular weight is 287 g/mol. The molecule has 0 aliphatic carbocycles. The molecular weight excluding hydrogens is 275 g/mol. The van der Waals surface area contributed by atoms with Crippen molar-refractivity contribution in [2.75, 3.05) is 11.9 Å². The Balaban J connectivity index is 2.58. The first-order valence-electron chi connectivity index (χ1n) is 5.80. The topological polar surface area (TPSA) is 75.6 Å². The molecule has 2 N–H and O–H groups in total. The highest BCUT2D eigenvalue weighted by atomic mass is 19.4. The van der Waals surface area contributed by atoms with Gasteiger partial charge in [-0.05, 0) is 13.8 Å². The van der Waals surface area contributed by atoms with Crippen LogP contribution in [0.1, 0.15) is 18.3 Å². The summed E-state index contributed by atoms with van der Waals surface area (Å²) < 4.78 is 39.1. The molecule has 2 rings (SSSR count). The van der Waals surface area contributed by atoms with E-state index in [1.807, 2.05) is 6.92 Å². The van der Waals surface area contributed by atoms with Crippen molar-refractivity contribution in [2.24, 2.45) is 0 Å². The Morgan fingerprint density at radius 3 is 2.70 bits per heavy atom. The summed E-state index contributed by atoms with van der Waals surface area (Å²) in [6, 6.07) is 2.05. The molecule has 108 valence electrons. The van der Waals surface area contributed by atoms with Crippen LogP contribution in [0.25, 0.3) is 5.95 Å². The Hall–Kier alpha value is -2.32. The fourth-order valence-corrected chi connectivity index (χ4v) is 1.66. The molecule has 0 radical (unpaired) electrons. The highest BCUT2D eigenvalue weighted by molar-refractivity contribution is 5.41. The molecule has 0 saturated heterocycles. The van der Waals surface area contributed by atoms with Gasteiger partial charge in [-0.3, -0.25) is 9.78 Å². The number of halogens is 3. The van der Waals surface area contributed by atoms with Crippen molar-refractivity contribution < 1.29 is 13.2 Å². The third-order valence-electron chi connectivity index (χ3n) is 2.41. The highest BCUT2D eigenvalue weighted by Crippen LogP contribution is 2.27. The minimum atomic E-state index is -4.69. The van der Waals surface area contributed by atoms with Gasteiger partial charge < -0.3 is 5.32 Å². The van der Waals surface area contributed by atoms with Crippen molar-refractivity contribution in [2.45, 2.75) is 20.0 Å². The van der Waals surface area contributed by atoms with Crippen molar-refractivity contribution in [3.8, 4) is 5.95 Å². The molecule has 0 bridgehead atoms. The summed E-state index contributed by atoms with van der Waals surface area (Å²) in [4.78, 5) is 17.0. The first-order chi connectivity index (χ1) is 9.31. The lowest BCUT2D eigenvalue weighted by Crippen LogP contribution is -2.20. The number of hydrogen-bond donors (Lipinski definition) is 2. The van der Waals surface area contributed by atoms with Gasteiger partial charge in [0.25, 0.3) is 5.56 Å². The number of nitrogens with one attached hydrogen (secondary N) is 2. The van der Waals surface area contributed by atoms with Crippen molar-refractivity contribution in [1.82, 2.24) is 19.7 Å². The van der Waals surface area contributed by atoms with E-state index in [9.17, 15) is 18.0 Å². The monoisotopic (exact) mass is 287 g/mol. The van der Waals surface area contributed by atoms with Crippen LogP contribution >= 0.6 is 0 Å². The third kappa shape index (κ3) is 2.81. The standard InChI is InChI=1S/C11H12F3N5O/c1-3-15-8-4-6(2)18-19(8)10-16-7(11(12,13)14)5-9(20)17-10/h4-5,15H,3H2,1-2H3,(H,16,17,20). The molecule has 0 aliphatic rings. The lowest BCUT2D eigenvalue weighted by atomic mass is 10.4. The second kappa shape index (κ2) is 4.99. The summed E-state index contributed by atoms with van der Waals surface area (Å²) in [7, 11) is 0. The minimum absolute atomic E-state index is 0.283. The van der Waals surface area contributed by atoms with Crippen LogP contribution in [0.2, 0.25) is 0 Å². The molecule has 0 unspecified atom stereocenters. The van der Waals surface area contributed by atoms with Crippen LogP contribution in [0.15, 0.2) is 16.9 Å². The molecule has 0 fully saturated rings. The number of nitrogens with zero attached hydrogens (tertiary/aromatic N) is 3. The number of hydrogen-bond acceptors (Lipinski definition) is 4. The van der Waals surface area contributed by atoms with E-state index in [2.05, 4.69) is 20.4 Å². The Labute approximate surface area is 111 Å². The van der Waals surface area contributed by atoms with E-state index < -0.39 is 17.4 Å². The zero-order valence-corrected chi connectivity index (χ0v) is 10.7. The van der Waals surface area contributed by atoms with Gasteiger partial charge in [0, 0.05) is 18.7 Å².